The van der Waals surface area contributed by atoms with Gasteiger partial charge in [-0.2, -0.15) is 5.10 Å². The number of amides is 3. The number of carbonyl (C=O) groups is 3. The first-order valence-corrected chi connectivity index (χ1v) is 11.3. The smallest absolute Gasteiger partial charge is 0.271 e. The van der Waals surface area contributed by atoms with Crippen LogP contribution in [0, 0.1) is 0 Å². The number of nitrogens with one attached hydrogen (secondary N) is 1. The Morgan fingerprint density at radius 3 is 2.63 bits per heavy atom. The molecule has 0 saturated heterocycles. The predicted molar refractivity (Wildman–Crippen MR) is 126 cm³/mol. The largest absolute Gasteiger partial charge is 0.493 e. The summed E-state index contributed by atoms with van der Waals surface area (Å²) in [4.78, 5) is 41.1. The van der Waals surface area contributed by atoms with E-state index in [1.54, 1.807) is 23.2 Å². The number of fused-ring (bicyclic) bond motifs is 1. The molecule has 13 nitrogen and oxygen atoms in total. The van der Waals surface area contributed by atoms with Crippen molar-refractivity contribution in [2.75, 3.05) is 6.61 Å². The Kier molecular flexibility index (Phi) is 6.49. The number of hydrogen-bond acceptors (Lipinski definition) is 9. The lowest BCUT2D eigenvalue weighted by atomic mass is 10.1. The molecule has 2 aliphatic heterocycles. The Balaban J connectivity index is 1.74. The van der Waals surface area contributed by atoms with Crippen LogP contribution in [0.4, 0.5) is 0 Å². The lowest BCUT2D eigenvalue weighted by Gasteiger charge is -2.30. The lowest BCUT2D eigenvalue weighted by molar-refractivity contribution is -0.124. The summed E-state index contributed by atoms with van der Waals surface area (Å²) in [5.74, 6) is -0.392. The molecule has 2 unspecified atom stereocenters. The molecule has 0 aliphatic carbocycles. The number of ether oxygens (including phenoxy) is 1. The van der Waals surface area contributed by atoms with Gasteiger partial charge in [0.1, 0.15) is 11.6 Å². The number of nitrogens with two attached hydrogens (primary N) is 2. The molecule has 0 saturated carbocycles. The number of amidine groups is 2. The van der Waals surface area contributed by atoms with Gasteiger partial charge in [0.2, 0.25) is 0 Å². The molecule has 5 N–H and O–H groups in total. The van der Waals surface area contributed by atoms with Crippen molar-refractivity contribution >= 4 is 29.4 Å². The normalized spacial score (nSPS) is 19.1. The van der Waals surface area contributed by atoms with E-state index in [9.17, 15) is 14.4 Å². The Bertz CT molecular complexity index is 1250. The van der Waals surface area contributed by atoms with Gasteiger partial charge in [-0.1, -0.05) is 18.2 Å². The first-order chi connectivity index (χ1) is 16.7. The molecule has 4 rings (SSSR count). The molecule has 1 aromatic heterocycles. The highest BCUT2D eigenvalue weighted by Gasteiger charge is 2.42. The first-order valence-electron chi connectivity index (χ1n) is 11.3. The van der Waals surface area contributed by atoms with Crippen molar-refractivity contribution in [2.45, 2.75) is 52.2 Å². The summed E-state index contributed by atoms with van der Waals surface area (Å²) in [6, 6.07) is 4.55. The van der Waals surface area contributed by atoms with Crippen LogP contribution in [-0.4, -0.2) is 68.1 Å². The average Bonchev–Trinajstić information content (AvgIpc) is 3.36. The van der Waals surface area contributed by atoms with Gasteiger partial charge in [0.05, 0.1) is 24.8 Å². The van der Waals surface area contributed by atoms with Gasteiger partial charge in [0.15, 0.2) is 23.3 Å². The van der Waals surface area contributed by atoms with Crippen molar-refractivity contribution in [3.05, 3.63) is 40.7 Å². The summed E-state index contributed by atoms with van der Waals surface area (Å²) in [6.45, 7) is 6.24. The van der Waals surface area contributed by atoms with Crippen molar-refractivity contribution in [1.29, 1.82) is 0 Å². The van der Waals surface area contributed by atoms with Gasteiger partial charge in [-0.05, 0) is 38.0 Å². The van der Waals surface area contributed by atoms with Crippen molar-refractivity contribution in [1.82, 2.24) is 25.3 Å². The molecular weight excluding hydrogens is 454 g/mol. The van der Waals surface area contributed by atoms with Gasteiger partial charge in [0.25, 0.3) is 17.7 Å². The highest BCUT2D eigenvalue weighted by Crippen LogP contribution is 2.28. The maximum Gasteiger partial charge on any atom is 0.271 e. The molecule has 0 fully saturated rings. The highest BCUT2D eigenvalue weighted by atomic mass is 16.5. The van der Waals surface area contributed by atoms with Crippen LogP contribution in [0.25, 0.3) is 0 Å². The monoisotopic (exact) mass is 481 g/mol. The van der Waals surface area contributed by atoms with Crippen LogP contribution in [0.15, 0.2) is 28.3 Å². The van der Waals surface area contributed by atoms with Crippen LogP contribution in [0.1, 0.15) is 65.7 Å². The Labute approximate surface area is 201 Å². The van der Waals surface area contributed by atoms with Crippen LogP contribution in [0.2, 0.25) is 0 Å². The van der Waals surface area contributed by atoms with E-state index in [2.05, 4.69) is 20.6 Å². The number of benzene rings is 1. The molecule has 2 aromatic rings. The number of hydrogen-bond donors (Lipinski definition) is 3. The summed E-state index contributed by atoms with van der Waals surface area (Å²) in [7, 11) is 0. The van der Waals surface area contributed by atoms with E-state index in [1.165, 1.54) is 4.68 Å². The van der Waals surface area contributed by atoms with Gasteiger partial charge in [-0.25, -0.2) is 9.69 Å². The lowest BCUT2D eigenvalue weighted by Crippen LogP contribution is -2.54. The average molecular weight is 482 g/mol. The third-order valence-electron chi connectivity index (χ3n) is 5.66. The van der Waals surface area contributed by atoms with E-state index in [0.717, 1.165) is 12.3 Å². The Morgan fingerprint density at radius 2 is 1.97 bits per heavy atom. The molecule has 1 aromatic carbocycles. The number of nitrogens with zero attached hydrogens (tertiary/aromatic N) is 6. The quantitative estimate of drug-likeness (QED) is 0.449. The van der Waals surface area contributed by atoms with Crippen LogP contribution < -0.4 is 21.5 Å². The maximum absolute atomic E-state index is 13.0. The zero-order valence-corrected chi connectivity index (χ0v) is 19.7. The minimum Gasteiger partial charge on any atom is -0.493 e. The fourth-order valence-electron chi connectivity index (χ4n) is 4.18. The number of rotatable bonds is 9. The Morgan fingerprint density at radius 1 is 1.20 bits per heavy atom. The second-order valence-corrected chi connectivity index (χ2v) is 8.20. The van der Waals surface area contributed by atoms with Crippen molar-refractivity contribution < 1.29 is 19.1 Å². The molecule has 13 heteroatoms. The number of carbonyl (C=O) groups excluding carboxylic acids is 3. The molecule has 0 spiro atoms. The number of hydrazone groups is 1. The number of primary amides is 2. The molecular formula is C22H27N9O4. The maximum atomic E-state index is 13.0. The standard InChI is InChI=1S/C22H27N9O4/c1-4-6-15-25-11(3)17-22(34)26-21(28-31(15)17)13-9-12(7-8-14(13)35-5-2)10-30-18(20(24)33)16(19(23)32)27-29-30/h7-9,11,17H,4-6,10H2,1-3H3,(H2,23,32)(H2,24,33)(H,26,28,34). The molecule has 2 aliphatic rings. The van der Waals surface area contributed by atoms with E-state index in [4.69, 9.17) is 21.3 Å². The second-order valence-electron chi connectivity index (χ2n) is 8.20. The van der Waals surface area contributed by atoms with Gasteiger partial charge in [-0.3, -0.25) is 19.4 Å². The number of aliphatic imine (C=N–C) groups is 1. The van der Waals surface area contributed by atoms with Crippen LogP contribution in [0.3, 0.4) is 0 Å². The van der Waals surface area contributed by atoms with Crippen LogP contribution in [-0.2, 0) is 11.3 Å². The summed E-state index contributed by atoms with van der Waals surface area (Å²) in [6.07, 6.45) is 1.57. The summed E-state index contributed by atoms with van der Waals surface area (Å²) < 4.78 is 6.99. The van der Waals surface area contributed by atoms with Crippen LogP contribution >= 0.6 is 0 Å². The van der Waals surface area contributed by atoms with Gasteiger partial charge >= 0.3 is 0 Å². The fraction of sp³-hybridized carbons (Fsp3) is 0.409. The molecule has 2 atom stereocenters. The number of aromatic nitrogens is 3. The highest BCUT2D eigenvalue weighted by molar-refractivity contribution is 6.14. The van der Waals surface area contributed by atoms with E-state index in [0.29, 0.717) is 35.7 Å². The van der Waals surface area contributed by atoms with Crippen molar-refractivity contribution in [3.63, 3.8) is 0 Å². The van der Waals surface area contributed by atoms with E-state index in [1.807, 2.05) is 20.8 Å². The van der Waals surface area contributed by atoms with Crippen molar-refractivity contribution in [3.8, 4) is 5.75 Å². The summed E-state index contributed by atoms with van der Waals surface area (Å²) in [5, 5.41) is 16.8. The minimum atomic E-state index is -0.907. The molecule has 0 bridgehead atoms. The first kappa shape index (κ1) is 23.9. The minimum absolute atomic E-state index is 0.0606. The fourth-order valence-corrected chi connectivity index (χ4v) is 4.18. The summed E-state index contributed by atoms with van der Waals surface area (Å²) >= 11 is 0. The molecule has 35 heavy (non-hydrogen) atoms. The summed E-state index contributed by atoms with van der Waals surface area (Å²) in [5.41, 5.74) is 11.4. The molecule has 0 radical (unpaired) electrons. The van der Waals surface area contributed by atoms with Gasteiger partial charge < -0.3 is 21.5 Å². The van der Waals surface area contributed by atoms with Gasteiger partial charge in [-0.15, -0.1) is 5.10 Å². The third-order valence-corrected chi connectivity index (χ3v) is 5.66. The zero-order chi connectivity index (χ0) is 25.3. The Hall–Kier alpha value is -4.29. The third kappa shape index (κ3) is 4.44. The van der Waals surface area contributed by atoms with E-state index >= 15 is 0 Å². The van der Waals surface area contributed by atoms with Crippen LogP contribution in [0.5, 0.6) is 5.75 Å². The molecule has 3 heterocycles. The second kappa shape index (κ2) is 9.52. The van der Waals surface area contributed by atoms with Gasteiger partial charge in [0, 0.05) is 6.42 Å². The SMILES string of the molecule is CCCC1=NC(C)C2C(=O)NC(c3cc(Cn4nnc(C(N)=O)c4C(N)=O)ccc3OCC)=NN12. The molecule has 3 amide bonds. The van der Waals surface area contributed by atoms with E-state index < -0.39 is 17.9 Å². The zero-order valence-electron chi connectivity index (χ0n) is 19.7. The molecule has 184 valence electrons. The van der Waals surface area contributed by atoms with E-state index in [-0.39, 0.29) is 29.9 Å². The topological polar surface area (TPSA) is 183 Å². The van der Waals surface area contributed by atoms with Crippen molar-refractivity contribution in [2.24, 2.45) is 21.6 Å². The predicted octanol–water partition coefficient (Wildman–Crippen LogP) is -0.0144.